The molecule has 0 unspecified atom stereocenters. The van der Waals surface area contributed by atoms with Crippen molar-refractivity contribution in [1.82, 2.24) is 0 Å². The van der Waals surface area contributed by atoms with Gasteiger partial charge in [-0.05, 0) is 37.2 Å². The van der Waals surface area contributed by atoms with Gasteiger partial charge in [-0.3, -0.25) is 4.79 Å². The number of nitrogens with two attached hydrogens (primary N) is 1. The molecule has 2 saturated carbocycles. The van der Waals surface area contributed by atoms with Crippen LogP contribution in [-0.4, -0.2) is 11.3 Å². The minimum Gasteiger partial charge on any atom is -0.325 e. The Hall–Kier alpha value is -1.15. The van der Waals surface area contributed by atoms with E-state index in [0.717, 1.165) is 18.4 Å². The summed E-state index contributed by atoms with van der Waals surface area (Å²) < 4.78 is 0. The van der Waals surface area contributed by atoms with Gasteiger partial charge >= 0.3 is 0 Å². The van der Waals surface area contributed by atoms with Crippen molar-refractivity contribution in [2.45, 2.75) is 69.2 Å². The fourth-order valence-corrected chi connectivity index (χ4v) is 3.67. The van der Waals surface area contributed by atoms with E-state index < -0.39 is 0 Å². The second-order valence-corrected chi connectivity index (χ2v) is 6.74. The highest BCUT2D eigenvalue weighted by Crippen LogP contribution is 2.39. The molecular formula is C18H25NO. The Bertz CT molecular complexity index is 484. The molecule has 2 aliphatic carbocycles. The quantitative estimate of drug-likeness (QED) is 0.834. The van der Waals surface area contributed by atoms with Gasteiger partial charge in [0.1, 0.15) is 0 Å². The molecule has 0 amide bonds. The van der Waals surface area contributed by atoms with Crippen molar-refractivity contribution in [1.29, 1.82) is 0 Å². The van der Waals surface area contributed by atoms with Gasteiger partial charge in [0, 0.05) is 17.5 Å². The first-order valence-corrected chi connectivity index (χ1v) is 8.09. The predicted octanol–water partition coefficient (Wildman–Crippen LogP) is 4.19. The molecule has 0 spiro atoms. The lowest BCUT2D eigenvalue weighted by molar-refractivity contribution is 0.0932. The summed E-state index contributed by atoms with van der Waals surface area (Å²) in [5, 5.41) is 0. The van der Waals surface area contributed by atoms with Crippen LogP contribution >= 0.6 is 0 Å². The summed E-state index contributed by atoms with van der Waals surface area (Å²) in [5.74, 6) is 0.868. The van der Waals surface area contributed by atoms with Gasteiger partial charge in [-0.25, -0.2) is 0 Å². The minimum absolute atomic E-state index is 0.248. The Morgan fingerprint density at radius 1 is 1.10 bits per heavy atom. The largest absolute Gasteiger partial charge is 0.325 e. The summed E-state index contributed by atoms with van der Waals surface area (Å²) in [6, 6.07) is 8.19. The van der Waals surface area contributed by atoms with Gasteiger partial charge < -0.3 is 5.73 Å². The molecule has 2 N–H and O–H groups in total. The second kappa shape index (κ2) is 5.69. The van der Waals surface area contributed by atoms with Gasteiger partial charge in [0.05, 0.1) is 0 Å². The molecule has 0 heterocycles. The fraction of sp³-hybridized carbons (Fsp3) is 0.611. The monoisotopic (exact) mass is 271 g/mol. The SMILES string of the molecule is NC1(CC(=O)c2ccccc2C2CCC2)CCCCC1. The molecule has 108 valence electrons. The summed E-state index contributed by atoms with van der Waals surface area (Å²) in [7, 11) is 0. The number of benzene rings is 1. The number of hydrogen-bond donors (Lipinski definition) is 1. The standard InChI is InChI=1S/C18H25NO/c19-18(11-4-1-5-12-18)13-17(20)16-10-3-2-9-15(16)14-7-6-8-14/h2-3,9-10,14H,1,4-8,11-13,19H2. The van der Waals surface area contributed by atoms with Crippen molar-refractivity contribution >= 4 is 5.78 Å². The van der Waals surface area contributed by atoms with Gasteiger partial charge in [0.2, 0.25) is 0 Å². The van der Waals surface area contributed by atoms with Crippen LogP contribution in [0, 0.1) is 0 Å². The van der Waals surface area contributed by atoms with Crippen LogP contribution in [0.3, 0.4) is 0 Å². The third-order valence-electron chi connectivity index (χ3n) is 5.17. The molecule has 0 bridgehead atoms. The van der Waals surface area contributed by atoms with Crippen molar-refractivity contribution < 1.29 is 4.79 Å². The van der Waals surface area contributed by atoms with E-state index in [1.54, 1.807) is 0 Å². The van der Waals surface area contributed by atoms with Crippen molar-refractivity contribution in [2.75, 3.05) is 0 Å². The number of carbonyl (C=O) groups excluding carboxylic acids is 1. The maximum Gasteiger partial charge on any atom is 0.164 e. The number of hydrogen-bond acceptors (Lipinski definition) is 2. The predicted molar refractivity (Wildman–Crippen MR) is 82.0 cm³/mol. The third-order valence-corrected chi connectivity index (χ3v) is 5.17. The zero-order chi connectivity index (χ0) is 14.0. The highest BCUT2D eigenvalue weighted by Gasteiger charge is 2.32. The lowest BCUT2D eigenvalue weighted by Gasteiger charge is -2.33. The zero-order valence-electron chi connectivity index (χ0n) is 12.2. The maximum absolute atomic E-state index is 12.7. The minimum atomic E-state index is -0.248. The lowest BCUT2D eigenvalue weighted by Crippen LogP contribution is -2.43. The molecule has 1 aromatic rings. The average molecular weight is 271 g/mol. The van der Waals surface area contributed by atoms with Crippen LogP contribution in [0.15, 0.2) is 24.3 Å². The van der Waals surface area contributed by atoms with Gasteiger partial charge in [-0.1, -0.05) is 49.9 Å². The van der Waals surface area contributed by atoms with Gasteiger partial charge in [0.15, 0.2) is 5.78 Å². The van der Waals surface area contributed by atoms with Crippen molar-refractivity contribution in [3.05, 3.63) is 35.4 Å². The molecule has 0 saturated heterocycles. The van der Waals surface area contributed by atoms with Crippen LogP contribution in [-0.2, 0) is 0 Å². The molecule has 2 heteroatoms. The van der Waals surface area contributed by atoms with Crippen LogP contribution < -0.4 is 5.73 Å². The summed E-state index contributed by atoms with van der Waals surface area (Å²) in [6.07, 6.45) is 9.92. The third kappa shape index (κ3) is 2.80. The van der Waals surface area contributed by atoms with Crippen LogP contribution in [0.4, 0.5) is 0 Å². The van der Waals surface area contributed by atoms with E-state index in [2.05, 4.69) is 12.1 Å². The molecule has 0 aliphatic heterocycles. The summed E-state index contributed by atoms with van der Waals surface area (Å²) in [4.78, 5) is 12.7. The normalized spacial score (nSPS) is 22.2. The molecule has 2 fully saturated rings. The second-order valence-electron chi connectivity index (χ2n) is 6.74. The molecule has 1 aromatic carbocycles. The van der Waals surface area contributed by atoms with Crippen LogP contribution in [0.1, 0.15) is 79.6 Å². The zero-order valence-corrected chi connectivity index (χ0v) is 12.2. The lowest BCUT2D eigenvalue weighted by atomic mass is 9.75. The van der Waals surface area contributed by atoms with E-state index in [9.17, 15) is 4.79 Å². The van der Waals surface area contributed by atoms with Crippen LogP contribution in [0.5, 0.6) is 0 Å². The van der Waals surface area contributed by atoms with Crippen LogP contribution in [0.25, 0.3) is 0 Å². The van der Waals surface area contributed by atoms with Gasteiger partial charge in [0.25, 0.3) is 0 Å². The molecule has 0 radical (unpaired) electrons. The molecule has 3 rings (SSSR count). The number of carbonyl (C=O) groups is 1. The molecule has 0 aromatic heterocycles. The van der Waals surface area contributed by atoms with Crippen molar-refractivity contribution in [3.63, 3.8) is 0 Å². The summed E-state index contributed by atoms with van der Waals surface area (Å²) in [6.45, 7) is 0. The number of rotatable bonds is 4. The topological polar surface area (TPSA) is 43.1 Å². The summed E-state index contributed by atoms with van der Waals surface area (Å²) >= 11 is 0. The number of Topliss-reactive ketones (excluding diaryl/α,β-unsaturated/α-hetero) is 1. The first-order valence-electron chi connectivity index (χ1n) is 8.09. The van der Waals surface area contributed by atoms with E-state index in [0.29, 0.717) is 12.3 Å². The first kappa shape index (κ1) is 13.8. The smallest absolute Gasteiger partial charge is 0.164 e. The Labute approximate surface area is 121 Å². The van der Waals surface area contributed by atoms with E-state index in [1.165, 1.54) is 44.1 Å². The Balaban J connectivity index is 1.76. The average Bonchev–Trinajstić information content (AvgIpc) is 2.37. The van der Waals surface area contributed by atoms with Crippen molar-refractivity contribution in [3.8, 4) is 0 Å². The fourth-order valence-electron chi connectivity index (χ4n) is 3.67. The molecule has 20 heavy (non-hydrogen) atoms. The van der Waals surface area contributed by atoms with E-state index in [4.69, 9.17) is 5.73 Å². The molecule has 0 atom stereocenters. The van der Waals surface area contributed by atoms with Crippen molar-refractivity contribution in [2.24, 2.45) is 5.73 Å². The Morgan fingerprint density at radius 2 is 1.80 bits per heavy atom. The van der Waals surface area contributed by atoms with E-state index in [-0.39, 0.29) is 11.3 Å². The highest BCUT2D eigenvalue weighted by atomic mass is 16.1. The highest BCUT2D eigenvalue weighted by molar-refractivity contribution is 5.98. The van der Waals surface area contributed by atoms with Crippen LogP contribution in [0.2, 0.25) is 0 Å². The van der Waals surface area contributed by atoms with Gasteiger partial charge in [-0.15, -0.1) is 0 Å². The van der Waals surface area contributed by atoms with E-state index in [1.807, 2.05) is 12.1 Å². The summed E-state index contributed by atoms with van der Waals surface area (Å²) in [5.41, 5.74) is 8.41. The first-order chi connectivity index (χ1) is 9.68. The molecular weight excluding hydrogens is 246 g/mol. The van der Waals surface area contributed by atoms with Gasteiger partial charge in [-0.2, -0.15) is 0 Å². The number of ketones is 1. The Kier molecular flexibility index (Phi) is 3.93. The Morgan fingerprint density at radius 3 is 2.45 bits per heavy atom. The molecule has 2 nitrogen and oxygen atoms in total. The maximum atomic E-state index is 12.7. The molecule has 2 aliphatic rings. The van der Waals surface area contributed by atoms with E-state index >= 15 is 0 Å².